The van der Waals surface area contributed by atoms with E-state index in [1.165, 1.54) is 0 Å². The Kier molecular flexibility index (Phi) is 4.76. The lowest BCUT2D eigenvalue weighted by Gasteiger charge is -2.45. The van der Waals surface area contributed by atoms with Crippen molar-refractivity contribution < 1.29 is 4.79 Å². The van der Waals surface area contributed by atoms with Gasteiger partial charge in [0.05, 0.1) is 17.0 Å². The fourth-order valence-corrected chi connectivity index (χ4v) is 4.10. The van der Waals surface area contributed by atoms with E-state index in [0.29, 0.717) is 17.9 Å². The molecule has 1 aliphatic rings. The smallest absolute Gasteiger partial charge is 0.229 e. The van der Waals surface area contributed by atoms with Crippen molar-refractivity contribution in [1.82, 2.24) is 15.0 Å². The third-order valence-electron chi connectivity index (χ3n) is 5.15. The van der Waals surface area contributed by atoms with Gasteiger partial charge in [-0.2, -0.15) is 0 Å². The van der Waals surface area contributed by atoms with Crippen LogP contribution in [0.2, 0.25) is 0 Å². The highest BCUT2D eigenvalue weighted by Crippen LogP contribution is 2.51. The SMILES string of the molecule is C=CCC(C)(C)C(n1nnc2ccccc21)C1(C(N)=O)C=CC(Cl)=CC1. The Balaban J connectivity index is 2.26. The number of para-hydroxylation sites is 1. The van der Waals surface area contributed by atoms with Gasteiger partial charge in [0.15, 0.2) is 0 Å². The molecule has 0 saturated heterocycles. The Bertz CT molecular complexity index is 911. The molecular formula is C20H23ClN4O. The van der Waals surface area contributed by atoms with Crippen LogP contribution in [-0.2, 0) is 4.79 Å². The number of halogens is 1. The highest BCUT2D eigenvalue weighted by Gasteiger charge is 2.51. The summed E-state index contributed by atoms with van der Waals surface area (Å²) in [5, 5.41) is 9.29. The standard InChI is InChI=1S/C20H23ClN4O/c1-4-11-19(2,3)17(20(18(22)26)12-9-14(21)10-13-20)25-16-8-6-5-7-15(16)23-24-25/h4-10,12,17H,1,11,13H2,2-3H3,(H2,22,26). The number of hydrogen-bond acceptors (Lipinski definition) is 3. The largest absolute Gasteiger partial charge is 0.369 e. The van der Waals surface area contributed by atoms with Gasteiger partial charge in [-0.1, -0.05) is 61.0 Å². The summed E-state index contributed by atoms with van der Waals surface area (Å²) in [5.74, 6) is -0.407. The average Bonchev–Trinajstić information content (AvgIpc) is 3.00. The molecule has 3 rings (SSSR count). The third-order valence-corrected chi connectivity index (χ3v) is 5.43. The van der Waals surface area contributed by atoms with Crippen LogP contribution in [0.4, 0.5) is 0 Å². The quantitative estimate of drug-likeness (QED) is 0.777. The number of amides is 1. The second-order valence-electron chi connectivity index (χ2n) is 7.44. The Morgan fingerprint density at radius 2 is 2.23 bits per heavy atom. The molecule has 2 N–H and O–H groups in total. The number of rotatable bonds is 6. The van der Waals surface area contributed by atoms with Crippen LogP contribution in [0.1, 0.15) is 32.7 Å². The number of primary amides is 1. The molecule has 0 radical (unpaired) electrons. The van der Waals surface area contributed by atoms with Gasteiger partial charge in [0.1, 0.15) is 5.52 Å². The molecule has 1 heterocycles. The van der Waals surface area contributed by atoms with Crippen LogP contribution >= 0.6 is 11.6 Å². The molecule has 6 heteroatoms. The second kappa shape index (κ2) is 6.72. The molecule has 2 unspecified atom stereocenters. The van der Waals surface area contributed by atoms with E-state index in [0.717, 1.165) is 11.0 Å². The van der Waals surface area contributed by atoms with Crippen LogP contribution in [0.15, 0.2) is 60.2 Å². The van der Waals surface area contributed by atoms with Crippen LogP contribution in [0.3, 0.4) is 0 Å². The summed E-state index contributed by atoms with van der Waals surface area (Å²) in [7, 11) is 0. The van der Waals surface area contributed by atoms with Crippen molar-refractivity contribution in [3.63, 3.8) is 0 Å². The molecule has 2 atom stereocenters. The predicted molar refractivity (Wildman–Crippen MR) is 104 cm³/mol. The molecule has 1 aromatic carbocycles. The number of benzene rings is 1. The minimum Gasteiger partial charge on any atom is -0.369 e. The number of aromatic nitrogens is 3. The van der Waals surface area contributed by atoms with Crippen molar-refractivity contribution in [3.8, 4) is 0 Å². The topological polar surface area (TPSA) is 73.8 Å². The van der Waals surface area contributed by atoms with Gasteiger partial charge >= 0.3 is 0 Å². The summed E-state index contributed by atoms with van der Waals surface area (Å²) in [6.45, 7) is 8.07. The first-order valence-electron chi connectivity index (χ1n) is 8.57. The Morgan fingerprint density at radius 1 is 1.50 bits per heavy atom. The van der Waals surface area contributed by atoms with E-state index in [9.17, 15) is 4.79 Å². The number of allylic oxidation sites excluding steroid dienone is 4. The van der Waals surface area contributed by atoms with Crippen molar-refractivity contribution in [2.24, 2.45) is 16.6 Å². The maximum atomic E-state index is 12.7. The van der Waals surface area contributed by atoms with Gasteiger partial charge in [0, 0.05) is 5.03 Å². The first-order valence-corrected chi connectivity index (χ1v) is 8.95. The van der Waals surface area contributed by atoms with Gasteiger partial charge < -0.3 is 5.73 Å². The number of hydrogen-bond donors (Lipinski definition) is 1. The second-order valence-corrected chi connectivity index (χ2v) is 7.87. The van der Waals surface area contributed by atoms with E-state index >= 15 is 0 Å². The minimum absolute atomic E-state index is 0.352. The van der Waals surface area contributed by atoms with Gasteiger partial charge in [-0.05, 0) is 36.5 Å². The minimum atomic E-state index is -0.957. The monoisotopic (exact) mass is 370 g/mol. The lowest BCUT2D eigenvalue weighted by Crippen LogP contribution is -2.49. The zero-order valence-electron chi connectivity index (χ0n) is 15.0. The summed E-state index contributed by atoms with van der Waals surface area (Å²) in [4.78, 5) is 12.7. The highest BCUT2D eigenvalue weighted by molar-refractivity contribution is 6.31. The number of nitrogens with two attached hydrogens (primary N) is 1. The molecule has 0 spiro atoms. The molecular weight excluding hydrogens is 348 g/mol. The fourth-order valence-electron chi connectivity index (χ4n) is 3.96. The number of nitrogens with zero attached hydrogens (tertiary/aromatic N) is 3. The highest BCUT2D eigenvalue weighted by atomic mass is 35.5. The molecule has 5 nitrogen and oxygen atoms in total. The van der Waals surface area contributed by atoms with E-state index in [1.807, 2.05) is 47.2 Å². The predicted octanol–water partition coefficient (Wildman–Crippen LogP) is 4.13. The zero-order valence-corrected chi connectivity index (χ0v) is 15.8. The molecule has 136 valence electrons. The van der Waals surface area contributed by atoms with Gasteiger partial charge in [-0.25, -0.2) is 4.68 Å². The fraction of sp³-hybridized carbons (Fsp3) is 0.350. The first kappa shape index (κ1) is 18.4. The normalized spacial score (nSPS) is 21.4. The van der Waals surface area contributed by atoms with Gasteiger partial charge in [-0.15, -0.1) is 11.7 Å². The number of fused-ring (bicyclic) bond motifs is 1. The molecule has 26 heavy (non-hydrogen) atoms. The van der Waals surface area contributed by atoms with E-state index in [1.54, 1.807) is 6.08 Å². The summed E-state index contributed by atoms with van der Waals surface area (Å²) in [6, 6.07) is 7.36. The zero-order chi connectivity index (χ0) is 18.9. The summed E-state index contributed by atoms with van der Waals surface area (Å²) < 4.78 is 1.83. The maximum Gasteiger partial charge on any atom is 0.229 e. The van der Waals surface area contributed by atoms with E-state index in [-0.39, 0.29) is 11.5 Å². The summed E-state index contributed by atoms with van der Waals surface area (Å²) >= 11 is 6.12. The van der Waals surface area contributed by atoms with E-state index in [4.69, 9.17) is 17.3 Å². The van der Waals surface area contributed by atoms with Crippen molar-refractivity contribution >= 4 is 28.5 Å². The van der Waals surface area contributed by atoms with Crippen molar-refractivity contribution in [1.29, 1.82) is 0 Å². The Labute approximate surface area is 158 Å². The molecule has 2 aromatic rings. The maximum absolute atomic E-state index is 12.7. The lowest BCUT2D eigenvalue weighted by molar-refractivity contribution is -0.130. The van der Waals surface area contributed by atoms with Gasteiger partial charge in [-0.3, -0.25) is 4.79 Å². The number of carbonyl (C=O) groups is 1. The molecule has 0 fully saturated rings. The molecule has 0 saturated carbocycles. The van der Waals surface area contributed by atoms with E-state index in [2.05, 4.69) is 30.7 Å². The van der Waals surface area contributed by atoms with Crippen LogP contribution in [0.25, 0.3) is 11.0 Å². The average molecular weight is 371 g/mol. The van der Waals surface area contributed by atoms with Gasteiger partial charge in [0.2, 0.25) is 5.91 Å². The number of carbonyl (C=O) groups excluding carboxylic acids is 1. The van der Waals surface area contributed by atoms with Crippen LogP contribution in [0, 0.1) is 10.8 Å². The van der Waals surface area contributed by atoms with Gasteiger partial charge in [0.25, 0.3) is 0 Å². The van der Waals surface area contributed by atoms with E-state index < -0.39 is 11.3 Å². The van der Waals surface area contributed by atoms with Crippen molar-refractivity contribution in [2.75, 3.05) is 0 Å². The summed E-state index contributed by atoms with van der Waals surface area (Å²) in [6.07, 6.45) is 8.36. The lowest BCUT2D eigenvalue weighted by atomic mass is 9.63. The van der Waals surface area contributed by atoms with Crippen molar-refractivity contribution in [3.05, 3.63) is 60.2 Å². The molecule has 1 amide bonds. The molecule has 1 aliphatic carbocycles. The first-order chi connectivity index (χ1) is 12.3. The molecule has 0 aliphatic heterocycles. The van der Waals surface area contributed by atoms with Crippen LogP contribution in [-0.4, -0.2) is 20.9 Å². The van der Waals surface area contributed by atoms with Crippen molar-refractivity contribution in [2.45, 2.75) is 32.7 Å². The van der Waals surface area contributed by atoms with Crippen LogP contribution < -0.4 is 5.73 Å². The van der Waals surface area contributed by atoms with Crippen LogP contribution in [0.5, 0.6) is 0 Å². The molecule has 1 aromatic heterocycles. The summed E-state index contributed by atoms with van der Waals surface area (Å²) in [5.41, 5.74) is 6.28. The molecule has 0 bridgehead atoms. The Morgan fingerprint density at radius 3 is 2.85 bits per heavy atom. The third kappa shape index (κ3) is 2.97. The Hall–Kier alpha value is -2.40.